The molecule has 0 fully saturated rings. The first-order valence-electron chi connectivity index (χ1n) is 7.88. The summed E-state index contributed by atoms with van der Waals surface area (Å²) in [4.78, 5) is 8.54. The number of aromatic nitrogens is 2. The number of nitrogens with two attached hydrogens (primary N) is 1. The molecular formula is C18H18ClN5O2. The van der Waals surface area contributed by atoms with Crippen molar-refractivity contribution in [1.82, 2.24) is 10.1 Å². The summed E-state index contributed by atoms with van der Waals surface area (Å²) in [6, 6.07) is 14.9. The topological polar surface area (TPSA) is 98.6 Å². The molecule has 0 atom stereocenters. The van der Waals surface area contributed by atoms with Crippen LogP contribution in [0.1, 0.15) is 11.5 Å². The first-order chi connectivity index (χ1) is 12.7. The molecule has 0 radical (unpaired) electrons. The van der Waals surface area contributed by atoms with Crippen LogP contribution in [-0.4, -0.2) is 23.2 Å². The largest absolute Gasteiger partial charge is 0.380 e. The average Bonchev–Trinajstić information content (AvgIpc) is 3.11. The second kappa shape index (κ2) is 8.46. The van der Waals surface area contributed by atoms with E-state index in [1.165, 1.54) is 0 Å². The Morgan fingerprint density at radius 2 is 2.12 bits per heavy atom. The van der Waals surface area contributed by atoms with Gasteiger partial charge in [0.05, 0.1) is 6.61 Å². The van der Waals surface area contributed by atoms with Crippen LogP contribution in [0.4, 0.5) is 5.69 Å². The number of para-hydroxylation sites is 1. The normalized spacial score (nSPS) is 11.5. The molecule has 0 amide bonds. The maximum absolute atomic E-state index is 5.97. The van der Waals surface area contributed by atoms with Crippen LogP contribution < -0.4 is 11.1 Å². The van der Waals surface area contributed by atoms with Gasteiger partial charge in [0.25, 0.3) is 0 Å². The fourth-order valence-corrected chi connectivity index (χ4v) is 2.51. The average molecular weight is 372 g/mol. The van der Waals surface area contributed by atoms with Gasteiger partial charge in [0.2, 0.25) is 11.7 Å². The Morgan fingerprint density at radius 3 is 2.92 bits per heavy atom. The van der Waals surface area contributed by atoms with Crippen LogP contribution in [-0.2, 0) is 17.9 Å². The fraction of sp³-hybridized carbons (Fsp3) is 0.167. The second-order valence-electron chi connectivity index (χ2n) is 5.44. The summed E-state index contributed by atoms with van der Waals surface area (Å²) in [5, 5.41) is 7.59. The molecule has 26 heavy (non-hydrogen) atoms. The molecule has 3 aromatic rings. The third-order valence-electron chi connectivity index (χ3n) is 3.52. The van der Waals surface area contributed by atoms with Crippen LogP contribution in [0.5, 0.6) is 0 Å². The summed E-state index contributed by atoms with van der Waals surface area (Å²) < 4.78 is 10.4. The standard InChI is InChI=1S/C18H18ClN5O2/c1-25-11-13-5-2-3-8-15(13)22-18(20)21-10-16-23-17(24-26-16)12-6-4-7-14(19)9-12/h2-9H,10-11H2,1H3,(H3,20,21,22). The molecule has 1 aromatic heterocycles. The van der Waals surface area contributed by atoms with E-state index < -0.39 is 0 Å². The molecule has 0 bridgehead atoms. The number of nitrogens with one attached hydrogen (secondary N) is 1. The lowest BCUT2D eigenvalue weighted by Crippen LogP contribution is -2.23. The number of rotatable bonds is 6. The molecule has 0 aliphatic rings. The van der Waals surface area contributed by atoms with Crippen LogP contribution >= 0.6 is 11.6 Å². The van der Waals surface area contributed by atoms with Gasteiger partial charge < -0.3 is 20.3 Å². The number of anilines is 1. The van der Waals surface area contributed by atoms with E-state index in [0.717, 1.165) is 16.8 Å². The third kappa shape index (κ3) is 4.59. The number of aliphatic imine (C=N–C) groups is 1. The van der Waals surface area contributed by atoms with Gasteiger partial charge >= 0.3 is 0 Å². The minimum atomic E-state index is 0.166. The Hall–Kier alpha value is -2.90. The zero-order chi connectivity index (χ0) is 18.4. The molecule has 0 spiro atoms. The molecule has 0 aliphatic carbocycles. The summed E-state index contributed by atoms with van der Waals surface area (Å²) in [6.07, 6.45) is 0. The molecule has 3 rings (SSSR count). The van der Waals surface area contributed by atoms with E-state index in [-0.39, 0.29) is 12.5 Å². The summed E-state index contributed by atoms with van der Waals surface area (Å²) in [5.74, 6) is 1.06. The molecule has 2 aromatic carbocycles. The lowest BCUT2D eigenvalue weighted by molar-refractivity contribution is 0.185. The summed E-state index contributed by atoms with van der Waals surface area (Å²) in [6.45, 7) is 0.641. The highest BCUT2D eigenvalue weighted by Crippen LogP contribution is 2.20. The monoisotopic (exact) mass is 371 g/mol. The number of ether oxygens (including phenoxy) is 1. The van der Waals surface area contributed by atoms with Crippen LogP contribution in [0.3, 0.4) is 0 Å². The van der Waals surface area contributed by atoms with E-state index in [1.54, 1.807) is 19.2 Å². The van der Waals surface area contributed by atoms with Crippen LogP contribution in [0.25, 0.3) is 11.4 Å². The van der Waals surface area contributed by atoms with E-state index in [2.05, 4.69) is 20.4 Å². The molecular weight excluding hydrogens is 354 g/mol. The maximum Gasteiger partial charge on any atom is 0.248 e. The molecule has 0 aliphatic heterocycles. The Bertz CT molecular complexity index is 910. The zero-order valence-corrected chi connectivity index (χ0v) is 14.9. The van der Waals surface area contributed by atoms with Crippen molar-refractivity contribution in [2.45, 2.75) is 13.2 Å². The SMILES string of the molecule is COCc1ccccc1NC(N)=NCc1nc(-c2cccc(Cl)c2)no1. The predicted octanol–water partition coefficient (Wildman–Crippen LogP) is 3.46. The third-order valence-corrected chi connectivity index (χ3v) is 3.75. The maximum atomic E-state index is 5.97. The number of methoxy groups -OCH3 is 1. The highest BCUT2D eigenvalue weighted by molar-refractivity contribution is 6.30. The van der Waals surface area contributed by atoms with Crippen molar-refractivity contribution in [3.63, 3.8) is 0 Å². The van der Waals surface area contributed by atoms with E-state index in [4.69, 9.17) is 26.6 Å². The lowest BCUT2D eigenvalue weighted by Gasteiger charge is -2.10. The minimum absolute atomic E-state index is 0.166. The number of nitrogens with zero attached hydrogens (tertiary/aromatic N) is 3. The van der Waals surface area contributed by atoms with Crippen LogP contribution in [0, 0.1) is 0 Å². The van der Waals surface area contributed by atoms with Crippen molar-refractivity contribution in [2.75, 3.05) is 12.4 Å². The number of halogens is 1. The van der Waals surface area contributed by atoms with Crippen molar-refractivity contribution >= 4 is 23.2 Å². The van der Waals surface area contributed by atoms with Crippen molar-refractivity contribution in [3.8, 4) is 11.4 Å². The fourth-order valence-electron chi connectivity index (χ4n) is 2.32. The zero-order valence-electron chi connectivity index (χ0n) is 14.1. The Morgan fingerprint density at radius 1 is 1.27 bits per heavy atom. The highest BCUT2D eigenvalue weighted by atomic mass is 35.5. The molecule has 0 saturated heterocycles. The molecule has 8 heteroatoms. The van der Waals surface area contributed by atoms with E-state index >= 15 is 0 Å². The molecule has 3 N–H and O–H groups in total. The van der Waals surface area contributed by atoms with Gasteiger partial charge in [-0.3, -0.25) is 0 Å². The van der Waals surface area contributed by atoms with Gasteiger partial charge in [0.15, 0.2) is 5.96 Å². The highest BCUT2D eigenvalue weighted by Gasteiger charge is 2.09. The van der Waals surface area contributed by atoms with Crippen molar-refractivity contribution in [2.24, 2.45) is 10.7 Å². The van der Waals surface area contributed by atoms with Gasteiger partial charge in [-0.05, 0) is 18.2 Å². The first kappa shape index (κ1) is 17.9. The van der Waals surface area contributed by atoms with Crippen molar-refractivity contribution in [3.05, 3.63) is 65.0 Å². The number of hydrogen-bond acceptors (Lipinski definition) is 5. The molecule has 0 saturated carbocycles. The smallest absolute Gasteiger partial charge is 0.248 e. The van der Waals surface area contributed by atoms with E-state index in [0.29, 0.717) is 23.3 Å². The summed E-state index contributed by atoms with van der Waals surface area (Å²) >= 11 is 5.97. The Kier molecular flexibility index (Phi) is 5.83. The van der Waals surface area contributed by atoms with Gasteiger partial charge in [-0.1, -0.05) is 47.1 Å². The van der Waals surface area contributed by atoms with Crippen molar-refractivity contribution in [1.29, 1.82) is 0 Å². The van der Waals surface area contributed by atoms with E-state index in [9.17, 15) is 0 Å². The first-order valence-corrected chi connectivity index (χ1v) is 8.26. The predicted molar refractivity (Wildman–Crippen MR) is 101 cm³/mol. The van der Waals surface area contributed by atoms with Gasteiger partial charge in [-0.25, -0.2) is 4.99 Å². The molecule has 1 heterocycles. The van der Waals surface area contributed by atoms with Gasteiger partial charge in [-0.15, -0.1) is 0 Å². The number of benzene rings is 2. The van der Waals surface area contributed by atoms with Crippen LogP contribution in [0.2, 0.25) is 5.02 Å². The molecule has 0 unspecified atom stereocenters. The summed E-state index contributed by atoms with van der Waals surface area (Å²) in [7, 11) is 1.64. The minimum Gasteiger partial charge on any atom is -0.380 e. The number of hydrogen-bond donors (Lipinski definition) is 2. The quantitative estimate of drug-likeness (QED) is 0.508. The van der Waals surface area contributed by atoms with E-state index in [1.807, 2.05) is 36.4 Å². The van der Waals surface area contributed by atoms with Crippen molar-refractivity contribution < 1.29 is 9.26 Å². The molecule has 134 valence electrons. The summed E-state index contributed by atoms with van der Waals surface area (Å²) in [5.41, 5.74) is 8.54. The van der Waals surface area contributed by atoms with Gasteiger partial charge in [0.1, 0.15) is 6.54 Å². The number of guanidine groups is 1. The lowest BCUT2D eigenvalue weighted by atomic mass is 10.2. The Labute approximate surface area is 155 Å². The van der Waals surface area contributed by atoms with Gasteiger partial charge in [-0.2, -0.15) is 4.98 Å². The molecule has 7 nitrogen and oxygen atoms in total. The Balaban J connectivity index is 1.67. The van der Waals surface area contributed by atoms with Crippen LogP contribution in [0.15, 0.2) is 58.0 Å². The van der Waals surface area contributed by atoms with Gasteiger partial charge in [0, 0.05) is 28.9 Å². The second-order valence-corrected chi connectivity index (χ2v) is 5.88.